The molecule has 2 aromatic heterocycles. The second kappa shape index (κ2) is 17.4. The Bertz CT molecular complexity index is 2230. The molecular weight excluding hydrogens is 798 g/mol. The fourth-order valence-electron chi connectivity index (χ4n) is 6.66. The Morgan fingerprint density at radius 1 is 0.948 bits per heavy atom. The minimum absolute atomic E-state index is 0.0268. The zero-order valence-electron chi connectivity index (χ0n) is 34.1. The molecule has 308 valence electrons. The van der Waals surface area contributed by atoms with Crippen LogP contribution in [0.4, 0.5) is 5.95 Å². The van der Waals surface area contributed by atoms with Crippen molar-refractivity contribution >= 4 is 51.4 Å². The van der Waals surface area contributed by atoms with Gasteiger partial charge in [0.25, 0.3) is 5.56 Å². The highest BCUT2D eigenvalue weighted by molar-refractivity contribution is 8.00. The average molecular weight is 849 g/mol. The highest BCUT2D eigenvalue weighted by Gasteiger charge is 2.55. The Labute approximate surface area is 344 Å². The van der Waals surface area contributed by atoms with Crippen LogP contribution in [0.1, 0.15) is 56.7 Å². The smallest absolute Gasteiger partial charge is 0.497 e. The van der Waals surface area contributed by atoms with Gasteiger partial charge in [-0.1, -0.05) is 89.2 Å². The lowest BCUT2D eigenvalue weighted by molar-refractivity contribution is -0.118. The maximum absolute atomic E-state index is 13.3. The average Bonchev–Trinajstić information content (AvgIpc) is 3.76. The molecule has 14 nitrogen and oxygen atoms in total. The standard InChI is InChI=1S/C41H50N5O9PSSi/c1-25(2)36(47)44-39-43-35-32(37(48)45-39)42-24-46(35)38-34(54-56(49)50)33(55-58(8,9)40(3,4)5)31(57-38)23-53-41(26-13-11-10-12-14-26,27-15-19-29(51-6)20-16-27)28-17-21-30(52-7)22-18-28/h10-22,24-25,31,33-34,38H,23H2,1-9H3,(H2-,43,44,45,47,48,49,50)/p+1/t31-,33+,34+,38+/m0/s1. The number of nitrogens with one attached hydrogen (secondary N) is 2. The van der Waals surface area contributed by atoms with Crippen LogP contribution in [-0.4, -0.2) is 76.9 Å². The van der Waals surface area contributed by atoms with Gasteiger partial charge in [-0.2, -0.15) is 4.98 Å². The molecule has 0 saturated carbocycles. The first kappa shape index (κ1) is 43.2. The summed E-state index contributed by atoms with van der Waals surface area (Å²) in [7, 11) is -2.50. The van der Waals surface area contributed by atoms with Crippen LogP contribution in [0.2, 0.25) is 18.1 Å². The van der Waals surface area contributed by atoms with E-state index in [9.17, 15) is 19.0 Å². The van der Waals surface area contributed by atoms with Crippen LogP contribution in [0, 0.1) is 5.92 Å². The number of imidazole rings is 1. The van der Waals surface area contributed by atoms with Crippen molar-refractivity contribution in [2.75, 3.05) is 26.1 Å². The molecule has 5 atom stereocenters. The zero-order chi connectivity index (χ0) is 42.0. The van der Waals surface area contributed by atoms with Crippen molar-refractivity contribution in [3.8, 4) is 11.5 Å². The molecule has 3 N–H and O–H groups in total. The SMILES string of the molecule is COc1ccc(C(OC[C@@H]2S[C@@H](n3cnc4c(=O)[nH]c(NC(=O)C(C)C)nc43)[C@H](O[P+](=O)O)[C@@H]2O[Si](C)(C)C(C)(C)C)(c2ccccc2)c2ccc(OC)cc2)cc1. The van der Waals surface area contributed by atoms with Gasteiger partial charge in [-0.3, -0.25) is 24.5 Å². The van der Waals surface area contributed by atoms with E-state index in [1.54, 1.807) is 32.6 Å². The van der Waals surface area contributed by atoms with Gasteiger partial charge in [0.2, 0.25) is 11.9 Å². The van der Waals surface area contributed by atoms with Crippen molar-refractivity contribution in [3.05, 3.63) is 112 Å². The van der Waals surface area contributed by atoms with Gasteiger partial charge in [0.15, 0.2) is 25.6 Å². The van der Waals surface area contributed by atoms with Crippen molar-refractivity contribution in [1.82, 2.24) is 19.5 Å². The van der Waals surface area contributed by atoms with Crippen LogP contribution < -0.4 is 20.3 Å². The second-order valence-electron chi connectivity index (χ2n) is 15.9. The van der Waals surface area contributed by atoms with Gasteiger partial charge >= 0.3 is 8.25 Å². The van der Waals surface area contributed by atoms with Gasteiger partial charge < -0.3 is 18.6 Å². The Balaban J connectivity index is 1.51. The van der Waals surface area contributed by atoms with E-state index in [-0.39, 0.29) is 40.6 Å². The van der Waals surface area contributed by atoms with Crippen LogP contribution >= 0.6 is 20.0 Å². The summed E-state index contributed by atoms with van der Waals surface area (Å²) in [4.78, 5) is 47.8. The summed E-state index contributed by atoms with van der Waals surface area (Å²) >= 11 is 1.41. The number of carbonyl (C=O) groups is 1. The first-order chi connectivity index (χ1) is 27.5. The van der Waals surface area contributed by atoms with Crippen molar-refractivity contribution in [3.63, 3.8) is 0 Å². The third-order valence-electron chi connectivity index (χ3n) is 10.8. The monoisotopic (exact) mass is 848 g/mol. The maximum atomic E-state index is 13.3. The fourth-order valence-corrected chi connectivity index (χ4v) is 10.1. The summed E-state index contributed by atoms with van der Waals surface area (Å²) < 4.78 is 45.8. The molecule has 5 aromatic rings. The van der Waals surface area contributed by atoms with E-state index < -0.39 is 50.6 Å². The molecule has 6 rings (SSSR count). The number of aromatic amines is 1. The predicted octanol–water partition coefficient (Wildman–Crippen LogP) is 7.78. The number of thioether (sulfide) groups is 1. The molecule has 3 aromatic carbocycles. The molecule has 1 aliphatic heterocycles. The highest BCUT2D eigenvalue weighted by atomic mass is 32.2. The Morgan fingerprint density at radius 3 is 2.03 bits per heavy atom. The van der Waals surface area contributed by atoms with Gasteiger partial charge in [0, 0.05) is 10.5 Å². The van der Waals surface area contributed by atoms with Gasteiger partial charge in [0.1, 0.15) is 22.5 Å². The van der Waals surface area contributed by atoms with Crippen LogP contribution in [-0.2, 0) is 28.6 Å². The van der Waals surface area contributed by atoms with Crippen molar-refractivity contribution < 1.29 is 37.4 Å². The number of aromatic nitrogens is 4. The number of methoxy groups -OCH3 is 2. The minimum atomic E-state index is -3.13. The number of ether oxygens (including phenoxy) is 3. The van der Waals surface area contributed by atoms with Crippen LogP contribution in [0.25, 0.3) is 11.2 Å². The highest BCUT2D eigenvalue weighted by Crippen LogP contribution is 2.52. The first-order valence-corrected chi connectivity index (χ1v) is 23.9. The predicted molar refractivity (Wildman–Crippen MR) is 227 cm³/mol. The number of fused-ring (bicyclic) bond motifs is 1. The van der Waals surface area contributed by atoms with Gasteiger partial charge in [-0.25, -0.2) is 4.98 Å². The number of H-pyrrole nitrogens is 1. The Morgan fingerprint density at radius 2 is 1.52 bits per heavy atom. The van der Waals surface area contributed by atoms with Crippen LogP contribution in [0.3, 0.4) is 0 Å². The molecule has 58 heavy (non-hydrogen) atoms. The second-order valence-corrected chi connectivity index (χ2v) is 22.7. The number of hydrogen-bond acceptors (Lipinski definition) is 11. The normalized spacial score (nSPS) is 19.1. The minimum Gasteiger partial charge on any atom is -0.497 e. The molecule has 0 bridgehead atoms. The maximum Gasteiger partial charge on any atom is 0.695 e. The summed E-state index contributed by atoms with van der Waals surface area (Å²) in [6.45, 7) is 14.1. The lowest BCUT2D eigenvalue weighted by Crippen LogP contribution is -2.50. The molecular formula is C41H51N5O9PSSi+. The summed E-state index contributed by atoms with van der Waals surface area (Å²) in [5.41, 5.74) is 0.979. The van der Waals surface area contributed by atoms with E-state index in [1.165, 1.54) is 18.1 Å². The Kier molecular flexibility index (Phi) is 13.0. The Hall–Kier alpha value is -4.41. The van der Waals surface area contributed by atoms with Crippen LogP contribution in [0.5, 0.6) is 11.5 Å². The van der Waals surface area contributed by atoms with E-state index in [0.29, 0.717) is 11.5 Å². The van der Waals surface area contributed by atoms with E-state index in [0.717, 1.165) is 16.7 Å². The molecule has 1 unspecified atom stereocenters. The third kappa shape index (κ3) is 8.78. The number of carbonyl (C=O) groups excluding carboxylic acids is 1. The van der Waals surface area contributed by atoms with Gasteiger partial charge in [-0.15, -0.1) is 21.2 Å². The lowest BCUT2D eigenvalue weighted by atomic mass is 9.80. The van der Waals surface area contributed by atoms with Gasteiger partial charge in [0.05, 0.1) is 38.5 Å². The number of anilines is 1. The zero-order valence-corrected chi connectivity index (χ0v) is 36.8. The quantitative estimate of drug-likeness (QED) is 0.0531. The number of amides is 1. The first-order valence-electron chi connectivity index (χ1n) is 18.9. The number of hydrogen-bond donors (Lipinski definition) is 3. The topological polar surface area (TPSA) is 176 Å². The van der Waals surface area contributed by atoms with Crippen molar-refractivity contribution in [1.29, 1.82) is 0 Å². The van der Waals surface area contributed by atoms with E-state index >= 15 is 0 Å². The van der Waals surface area contributed by atoms with E-state index in [1.807, 2.05) is 78.9 Å². The summed E-state index contributed by atoms with van der Waals surface area (Å²) in [6, 6.07) is 25.4. The molecule has 1 amide bonds. The number of nitrogens with zero attached hydrogens (tertiary/aromatic N) is 3. The largest absolute Gasteiger partial charge is 0.695 e. The third-order valence-corrected chi connectivity index (χ3v) is 17.3. The molecule has 17 heteroatoms. The molecule has 1 saturated heterocycles. The van der Waals surface area contributed by atoms with E-state index in [4.69, 9.17) is 23.2 Å². The fraction of sp³-hybridized carbons (Fsp3) is 0.415. The molecule has 0 aliphatic carbocycles. The van der Waals surface area contributed by atoms with Gasteiger partial charge in [-0.05, 0) is 59.1 Å². The lowest BCUT2D eigenvalue weighted by Gasteiger charge is -2.41. The number of benzene rings is 3. The van der Waals surface area contributed by atoms with Crippen LogP contribution in [0.15, 0.2) is 90.0 Å². The van der Waals surface area contributed by atoms with Crippen molar-refractivity contribution in [2.45, 2.75) is 81.2 Å². The molecule has 0 spiro atoms. The summed E-state index contributed by atoms with van der Waals surface area (Å²) in [5.74, 6) is 0.609. The molecule has 1 aliphatic rings. The number of rotatable bonds is 15. The van der Waals surface area contributed by atoms with Crippen molar-refractivity contribution in [2.24, 2.45) is 5.92 Å². The molecule has 1 fully saturated rings. The summed E-state index contributed by atoms with van der Waals surface area (Å²) in [6.07, 6.45) is -0.349. The van der Waals surface area contributed by atoms with E-state index in [2.05, 4.69) is 54.1 Å². The molecule has 0 radical (unpaired) electrons. The summed E-state index contributed by atoms with van der Waals surface area (Å²) in [5, 5.41) is 1.15. The molecule has 3 heterocycles.